The smallest absolute Gasteiger partial charge is 0.00764 e. The standard InChI is InChI=1S/C19H23N/c1-14(2)17-9-8-16(19(13-20)10-11-19)12-18(17)15-6-4-3-5-7-15/h3-9,12,14H,10-11,13,20H2,1-2H3. The molecule has 1 aliphatic carbocycles. The molecule has 1 nitrogen and oxygen atoms in total. The Kier molecular flexibility index (Phi) is 3.39. The lowest BCUT2D eigenvalue weighted by Crippen LogP contribution is -2.19. The summed E-state index contributed by atoms with van der Waals surface area (Å²) in [6.07, 6.45) is 2.47. The highest BCUT2D eigenvalue weighted by molar-refractivity contribution is 5.69. The second kappa shape index (κ2) is 5.06. The van der Waals surface area contributed by atoms with Crippen molar-refractivity contribution in [2.75, 3.05) is 6.54 Å². The van der Waals surface area contributed by atoms with Crippen molar-refractivity contribution in [2.24, 2.45) is 5.73 Å². The third-order valence-electron chi connectivity index (χ3n) is 4.62. The molecule has 2 aromatic carbocycles. The lowest BCUT2D eigenvalue weighted by molar-refractivity contribution is 0.704. The van der Waals surface area contributed by atoms with Crippen molar-refractivity contribution in [1.29, 1.82) is 0 Å². The molecule has 2 aromatic rings. The Morgan fingerprint density at radius 3 is 2.30 bits per heavy atom. The van der Waals surface area contributed by atoms with Gasteiger partial charge in [0, 0.05) is 12.0 Å². The zero-order valence-electron chi connectivity index (χ0n) is 12.4. The van der Waals surface area contributed by atoms with Crippen LogP contribution in [0.15, 0.2) is 48.5 Å². The molecule has 0 amide bonds. The Bertz CT molecular complexity index is 594. The van der Waals surface area contributed by atoms with Gasteiger partial charge in [0.2, 0.25) is 0 Å². The van der Waals surface area contributed by atoms with Crippen LogP contribution in [0.3, 0.4) is 0 Å². The molecule has 104 valence electrons. The fourth-order valence-electron chi connectivity index (χ4n) is 3.02. The molecule has 1 heteroatoms. The number of hydrogen-bond acceptors (Lipinski definition) is 1. The molecule has 0 unspecified atom stereocenters. The van der Waals surface area contributed by atoms with Gasteiger partial charge in [0.05, 0.1) is 0 Å². The van der Waals surface area contributed by atoms with Crippen LogP contribution in [0, 0.1) is 0 Å². The molecule has 2 N–H and O–H groups in total. The molecule has 0 radical (unpaired) electrons. The minimum Gasteiger partial charge on any atom is -0.330 e. The van der Waals surface area contributed by atoms with Crippen LogP contribution in [0.5, 0.6) is 0 Å². The summed E-state index contributed by atoms with van der Waals surface area (Å²) in [6, 6.07) is 17.7. The van der Waals surface area contributed by atoms with Gasteiger partial charge in [-0.25, -0.2) is 0 Å². The van der Waals surface area contributed by atoms with Crippen molar-refractivity contribution >= 4 is 0 Å². The second-order valence-corrected chi connectivity index (χ2v) is 6.31. The van der Waals surface area contributed by atoms with Gasteiger partial charge in [0.1, 0.15) is 0 Å². The van der Waals surface area contributed by atoms with Crippen molar-refractivity contribution in [1.82, 2.24) is 0 Å². The molecule has 1 saturated carbocycles. The van der Waals surface area contributed by atoms with Crippen molar-refractivity contribution in [2.45, 2.75) is 38.0 Å². The van der Waals surface area contributed by atoms with Crippen LogP contribution in [0.1, 0.15) is 43.7 Å². The van der Waals surface area contributed by atoms with E-state index in [1.54, 1.807) is 0 Å². The van der Waals surface area contributed by atoms with Gasteiger partial charge in [-0.1, -0.05) is 62.4 Å². The summed E-state index contributed by atoms with van der Waals surface area (Å²) in [7, 11) is 0. The Labute approximate surface area is 121 Å². The Morgan fingerprint density at radius 1 is 1.05 bits per heavy atom. The Hall–Kier alpha value is -1.60. The summed E-state index contributed by atoms with van der Waals surface area (Å²) < 4.78 is 0. The quantitative estimate of drug-likeness (QED) is 0.867. The zero-order valence-corrected chi connectivity index (χ0v) is 12.4. The van der Waals surface area contributed by atoms with Gasteiger partial charge in [-0.3, -0.25) is 0 Å². The normalized spacial score (nSPS) is 16.4. The van der Waals surface area contributed by atoms with E-state index in [2.05, 4.69) is 62.4 Å². The monoisotopic (exact) mass is 265 g/mol. The number of hydrogen-bond donors (Lipinski definition) is 1. The highest BCUT2D eigenvalue weighted by atomic mass is 14.7. The van der Waals surface area contributed by atoms with Crippen LogP contribution in [-0.4, -0.2) is 6.54 Å². The summed E-state index contributed by atoms with van der Waals surface area (Å²) in [5.74, 6) is 0.535. The first-order chi connectivity index (χ1) is 9.66. The Morgan fingerprint density at radius 2 is 1.75 bits per heavy atom. The van der Waals surface area contributed by atoms with Gasteiger partial charge >= 0.3 is 0 Å². The van der Waals surface area contributed by atoms with Crippen molar-refractivity contribution in [3.8, 4) is 11.1 Å². The molecule has 20 heavy (non-hydrogen) atoms. The van der Waals surface area contributed by atoms with Crippen LogP contribution in [-0.2, 0) is 5.41 Å². The van der Waals surface area contributed by atoms with Crippen molar-refractivity contribution in [3.05, 3.63) is 59.7 Å². The first-order valence-corrected chi connectivity index (χ1v) is 7.56. The van der Waals surface area contributed by atoms with Crippen LogP contribution < -0.4 is 5.73 Å². The Balaban J connectivity index is 2.12. The van der Waals surface area contributed by atoms with E-state index in [0.717, 1.165) is 6.54 Å². The molecule has 0 saturated heterocycles. The molecule has 1 aliphatic rings. The predicted molar refractivity (Wildman–Crippen MR) is 85.9 cm³/mol. The predicted octanol–water partition coefficient (Wildman–Crippen LogP) is 4.47. The maximum Gasteiger partial charge on any atom is 0.00764 e. The molecular formula is C19H23N. The maximum atomic E-state index is 5.99. The minimum absolute atomic E-state index is 0.263. The first-order valence-electron chi connectivity index (χ1n) is 7.56. The van der Waals surface area contributed by atoms with Crippen LogP contribution >= 0.6 is 0 Å². The van der Waals surface area contributed by atoms with E-state index in [-0.39, 0.29) is 5.41 Å². The van der Waals surface area contributed by atoms with Gasteiger partial charge in [-0.2, -0.15) is 0 Å². The van der Waals surface area contributed by atoms with Crippen molar-refractivity contribution < 1.29 is 0 Å². The van der Waals surface area contributed by atoms with Gasteiger partial charge in [0.15, 0.2) is 0 Å². The highest BCUT2D eigenvalue weighted by Crippen LogP contribution is 2.48. The third kappa shape index (κ3) is 2.27. The van der Waals surface area contributed by atoms with Crippen LogP contribution in [0.25, 0.3) is 11.1 Å². The summed E-state index contributed by atoms with van der Waals surface area (Å²) in [4.78, 5) is 0. The number of benzene rings is 2. The molecule has 0 aliphatic heterocycles. The number of rotatable bonds is 4. The molecular weight excluding hydrogens is 242 g/mol. The summed E-state index contributed by atoms with van der Waals surface area (Å²) >= 11 is 0. The van der Waals surface area contributed by atoms with Gasteiger partial charge in [0.25, 0.3) is 0 Å². The third-order valence-corrected chi connectivity index (χ3v) is 4.62. The highest BCUT2D eigenvalue weighted by Gasteiger charge is 2.43. The van der Waals surface area contributed by atoms with E-state index in [9.17, 15) is 0 Å². The fraction of sp³-hybridized carbons (Fsp3) is 0.368. The maximum absolute atomic E-state index is 5.99. The average molecular weight is 265 g/mol. The van der Waals surface area contributed by atoms with Gasteiger partial charge in [-0.05, 0) is 41.0 Å². The second-order valence-electron chi connectivity index (χ2n) is 6.31. The van der Waals surface area contributed by atoms with Crippen molar-refractivity contribution in [3.63, 3.8) is 0 Å². The lowest BCUT2D eigenvalue weighted by Gasteiger charge is -2.19. The molecule has 0 aromatic heterocycles. The summed E-state index contributed by atoms with van der Waals surface area (Å²) in [5, 5.41) is 0. The van der Waals surface area contributed by atoms with Gasteiger partial charge < -0.3 is 5.73 Å². The van der Waals surface area contributed by atoms with E-state index in [1.807, 2.05) is 0 Å². The topological polar surface area (TPSA) is 26.0 Å². The molecule has 1 fully saturated rings. The van der Waals surface area contributed by atoms with E-state index < -0.39 is 0 Å². The van der Waals surface area contributed by atoms with E-state index in [0.29, 0.717) is 5.92 Å². The molecule has 0 heterocycles. The molecule has 0 atom stereocenters. The summed E-state index contributed by atoms with van der Waals surface area (Å²) in [5.41, 5.74) is 11.8. The lowest BCUT2D eigenvalue weighted by atomic mass is 9.86. The first kappa shape index (κ1) is 13.4. The van der Waals surface area contributed by atoms with E-state index in [1.165, 1.54) is 35.1 Å². The minimum atomic E-state index is 0.263. The molecule has 0 spiro atoms. The molecule has 3 rings (SSSR count). The molecule has 0 bridgehead atoms. The number of nitrogens with two attached hydrogens (primary N) is 1. The largest absolute Gasteiger partial charge is 0.330 e. The van der Waals surface area contributed by atoms with Gasteiger partial charge in [-0.15, -0.1) is 0 Å². The fourth-order valence-corrected chi connectivity index (χ4v) is 3.02. The van der Waals surface area contributed by atoms with Crippen LogP contribution in [0.4, 0.5) is 0 Å². The van der Waals surface area contributed by atoms with E-state index >= 15 is 0 Å². The SMILES string of the molecule is CC(C)c1ccc(C2(CN)CC2)cc1-c1ccccc1. The summed E-state index contributed by atoms with van der Waals surface area (Å²) in [6.45, 7) is 5.29. The van der Waals surface area contributed by atoms with E-state index in [4.69, 9.17) is 5.73 Å². The van der Waals surface area contributed by atoms with Crippen LogP contribution in [0.2, 0.25) is 0 Å². The zero-order chi connectivity index (χ0) is 14.2. The average Bonchev–Trinajstić information content (AvgIpc) is 3.28.